The Bertz CT molecular complexity index is 522. The van der Waals surface area contributed by atoms with Gasteiger partial charge in [-0.1, -0.05) is 29.3 Å². The molecule has 1 aromatic carbocycles. The van der Waals surface area contributed by atoms with Crippen LogP contribution in [0.25, 0.3) is 0 Å². The molecular weight excluding hydrogens is 276 g/mol. The van der Waals surface area contributed by atoms with Crippen molar-refractivity contribution < 1.29 is 4.39 Å². The van der Waals surface area contributed by atoms with Crippen molar-refractivity contribution in [2.24, 2.45) is 0 Å². The lowest BCUT2D eigenvalue weighted by molar-refractivity contribution is 0.243. The predicted molar refractivity (Wildman–Crippen MR) is 70.1 cm³/mol. The molecule has 0 aliphatic rings. The summed E-state index contributed by atoms with van der Waals surface area (Å²) < 4.78 is 15.3. The average Bonchev–Trinajstić information content (AvgIpc) is 2.69. The van der Waals surface area contributed by atoms with Crippen molar-refractivity contribution in [1.29, 1.82) is 0 Å². The van der Waals surface area contributed by atoms with E-state index in [1.54, 1.807) is 29.2 Å². The van der Waals surface area contributed by atoms with Gasteiger partial charge in [0.1, 0.15) is 5.82 Å². The quantitative estimate of drug-likeness (QED) is 0.859. The molecule has 1 heterocycles. The summed E-state index contributed by atoms with van der Waals surface area (Å²) in [5, 5.41) is 5.07. The third kappa shape index (κ3) is 3.22. The van der Waals surface area contributed by atoms with Gasteiger partial charge >= 0.3 is 0 Å². The zero-order valence-corrected chi connectivity index (χ0v) is 11.3. The molecule has 0 saturated carbocycles. The van der Waals surface area contributed by atoms with Gasteiger partial charge in [0.15, 0.2) is 0 Å². The summed E-state index contributed by atoms with van der Waals surface area (Å²) in [4.78, 5) is 1.90. The van der Waals surface area contributed by atoms with Gasteiger partial charge in [-0.25, -0.2) is 4.39 Å². The van der Waals surface area contributed by atoms with Crippen LogP contribution in [0, 0.1) is 5.82 Å². The summed E-state index contributed by atoms with van der Waals surface area (Å²) in [5.41, 5.74) is 0.486. The van der Waals surface area contributed by atoms with E-state index in [9.17, 15) is 4.39 Å². The Morgan fingerprint density at radius 1 is 1.39 bits per heavy atom. The Morgan fingerprint density at radius 3 is 2.78 bits per heavy atom. The number of nitrogens with zero attached hydrogens (tertiary/aromatic N) is 3. The van der Waals surface area contributed by atoms with Crippen LogP contribution in [0.5, 0.6) is 0 Å². The van der Waals surface area contributed by atoms with Crippen LogP contribution in [0.2, 0.25) is 10.0 Å². The molecule has 2 rings (SSSR count). The van der Waals surface area contributed by atoms with E-state index in [1.807, 2.05) is 11.9 Å². The number of hydrogen-bond acceptors (Lipinski definition) is 2. The van der Waals surface area contributed by atoms with Crippen molar-refractivity contribution in [3.8, 4) is 0 Å². The van der Waals surface area contributed by atoms with Crippen molar-refractivity contribution in [3.05, 3.63) is 52.0 Å². The molecule has 0 spiro atoms. The van der Waals surface area contributed by atoms with E-state index in [0.717, 1.165) is 0 Å². The zero-order chi connectivity index (χ0) is 13.1. The third-order valence-corrected chi connectivity index (χ3v) is 3.03. The summed E-state index contributed by atoms with van der Waals surface area (Å²) in [7, 11) is 1.86. The first-order valence-electron chi connectivity index (χ1n) is 5.35. The van der Waals surface area contributed by atoms with Crippen LogP contribution < -0.4 is 0 Å². The van der Waals surface area contributed by atoms with Crippen LogP contribution in [0.3, 0.4) is 0 Å². The van der Waals surface area contributed by atoms with Crippen LogP contribution in [-0.4, -0.2) is 21.7 Å². The third-order valence-electron chi connectivity index (χ3n) is 2.48. The van der Waals surface area contributed by atoms with Crippen molar-refractivity contribution in [2.75, 3.05) is 7.05 Å². The van der Waals surface area contributed by atoms with Gasteiger partial charge in [0.25, 0.3) is 0 Å². The summed E-state index contributed by atoms with van der Waals surface area (Å²) in [5.74, 6) is -0.298. The van der Waals surface area contributed by atoms with E-state index in [-0.39, 0.29) is 5.82 Å². The molecule has 0 unspecified atom stereocenters. The summed E-state index contributed by atoms with van der Waals surface area (Å²) >= 11 is 11.7. The van der Waals surface area contributed by atoms with E-state index in [4.69, 9.17) is 23.2 Å². The second kappa shape index (κ2) is 5.69. The van der Waals surface area contributed by atoms with Gasteiger partial charge in [0.2, 0.25) is 0 Å². The second-order valence-corrected chi connectivity index (χ2v) is 4.90. The Labute approximate surface area is 115 Å². The molecule has 0 aliphatic heterocycles. The molecule has 96 valence electrons. The monoisotopic (exact) mass is 287 g/mol. The molecule has 6 heteroatoms. The summed E-state index contributed by atoms with van der Waals surface area (Å²) in [6.07, 6.45) is 3.27. The fourth-order valence-electron chi connectivity index (χ4n) is 1.67. The van der Waals surface area contributed by atoms with Crippen molar-refractivity contribution in [2.45, 2.75) is 13.2 Å². The highest BCUT2D eigenvalue weighted by Crippen LogP contribution is 2.20. The number of benzene rings is 1. The van der Waals surface area contributed by atoms with Crippen molar-refractivity contribution >= 4 is 23.2 Å². The molecule has 0 amide bonds. The molecule has 1 aromatic heterocycles. The fraction of sp³-hybridized carbons (Fsp3) is 0.250. The zero-order valence-electron chi connectivity index (χ0n) is 9.78. The minimum absolute atomic E-state index is 0.298. The van der Waals surface area contributed by atoms with Crippen LogP contribution in [0.1, 0.15) is 5.56 Å². The summed E-state index contributed by atoms with van der Waals surface area (Å²) in [6, 6.07) is 4.67. The second-order valence-electron chi connectivity index (χ2n) is 4.05. The van der Waals surface area contributed by atoms with Gasteiger partial charge in [-0.15, -0.1) is 0 Å². The molecular formula is C12H12Cl2FN3. The molecule has 0 N–H and O–H groups in total. The highest BCUT2D eigenvalue weighted by atomic mass is 35.5. The maximum Gasteiger partial charge on any atom is 0.129 e. The van der Waals surface area contributed by atoms with E-state index in [1.165, 1.54) is 6.07 Å². The predicted octanol–water partition coefficient (Wildman–Crippen LogP) is 3.42. The molecule has 0 aliphatic carbocycles. The Hall–Kier alpha value is -1.10. The van der Waals surface area contributed by atoms with Gasteiger partial charge < -0.3 is 0 Å². The highest BCUT2D eigenvalue weighted by Gasteiger charge is 2.10. The standard InChI is InChI=1S/C12H12Cl2FN3/c1-17(8-18-6-9(13)5-16-18)7-10-11(14)3-2-4-12(10)15/h2-6H,7-8H2,1H3. The Kier molecular flexibility index (Phi) is 4.22. The minimum Gasteiger partial charge on any atom is -0.283 e. The number of halogens is 3. The smallest absolute Gasteiger partial charge is 0.129 e. The van der Waals surface area contributed by atoms with Crippen LogP contribution in [0.4, 0.5) is 4.39 Å². The molecule has 3 nitrogen and oxygen atoms in total. The maximum atomic E-state index is 13.6. The molecule has 0 bridgehead atoms. The molecule has 18 heavy (non-hydrogen) atoms. The number of hydrogen-bond donors (Lipinski definition) is 0. The lowest BCUT2D eigenvalue weighted by Gasteiger charge is -2.17. The van der Waals surface area contributed by atoms with E-state index in [0.29, 0.717) is 28.8 Å². The highest BCUT2D eigenvalue weighted by molar-refractivity contribution is 6.31. The Morgan fingerprint density at radius 2 is 2.17 bits per heavy atom. The molecule has 2 aromatic rings. The SMILES string of the molecule is CN(Cc1c(F)cccc1Cl)Cn1cc(Cl)cn1. The van der Waals surface area contributed by atoms with Crippen LogP contribution in [-0.2, 0) is 13.2 Å². The minimum atomic E-state index is -0.298. The number of aromatic nitrogens is 2. The lowest BCUT2D eigenvalue weighted by atomic mass is 10.2. The largest absolute Gasteiger partial charge is 0.283 e. The topological polar surface area (TPSA) is 21.1 Å². The van der Waals surface area contributed by atoms with Crippen molar-refractivity contribution in [1.82, 2.24) is 14.7 Å². The Balaban J connectivity index is 2.05. The van der Waals surface area contributed by atoms with Crippen LogP contribution >= 0.6 is 23.2 Å². The molecule has 0 saturated heterocycles. The normalized spacial score (nSPS) is 11.2. The maximum absolute atomic E-state index is 13.6. The molecule has 0 atom stereocenters. The van der Waals surface area contributed by atoms with Gasteiger partial charge in [-0.3, -0.25) is 9.58 Å². The fourth-order valence-corrected chi connectivity index (χ4v) is 2.05. The van der Waals surface area contributed by atoms with E-state index < -0.39 is 0 Å². The van der Waals surface area contributed by atoms with Gasteiger partial charge in [-0.2, -0.15) is 5.10 Å². The molecule has 0 radical (unpaired) electrons. The van der Waals surface area contributed by atoms with Gasteiger partial charge in [0.05, 0.1) is 17.9 Å². The van der Waals surface area contributed by atoms with Crippen molar-refractivity contribution in [3.63, 3.8) is 0 Å². The first-order chi connectivity index (χ1) is 8.56. The summed E-state index contributed by atoms with van der Waals surface area (Å²) in [6.45, 7) is 0.917. The number of rotatable bonds is 4. The van der Waals surface area contributed by atoms with Gasteiger partial charge in [0, 0.05) is 23.3 Å². The first-order valence-corrected chi connectivity index (χ1v) is 6.11. The van der Waals surface area contributed by atoms with E-state index in [2.05, 4.69) is 5.10 Å². The van der Waals surface area contributed by atoms with Gasteiger partial charge in [-0.05, 0) is 19.2 Å². The first kappa shape index (κ1) is 13.3. The lowest BCUT2D eigenvalue weighted by Crippen LogP contribution is -2.22. The van der Waals surface area contributed by atoms with E-state index >= 15 is 0 Å². The average molecular weight is 288 g/mol. The molecule has 0 fully saturated rings. The van der Waals surface area contributed by atoms with Crippen LogP contribution in [0.15, 0.2) is 30.6 Å².